The molecule has 0 saturated heterocycles. The van der Waals surface area contributed by atoms with E-state index in [1.165, 1.54) is 29.8 Å². The molecule has 0 radical (unpaired) electrons. The van der Waals surface area contributed by atoms with Crippen LogP contribution in [0.15, 0.2) is 64.9 Å². The number of furan rings is 1. The number of benzene rings is 1. The molecule has 0 saturated carbocycles. The van der Waals surface area contributed by atoms with Crippen molar-refractivity contribution in [2.75, 3.05) is 10.7 Å². The predicted octanol–water partition coefficient (Wildman–Crippen LogP) is 3.85. The molecule has 4 rings (SSSR count). The average molecular weight is 380 g/mol. The van der Waals surface area contributed by atoms with E-state index in [0.29, 0.717) is 33.9 Å². The van der Waals surface area contributed by atoms with E-state index >= 15 is 0 Å². The van der Waals surface area contributed by atoms with Gasteiger partial charge in [0.05, 0.1) is 12.0 Å². The smallest absolute Gasteiger partial charge is 0.247 e. The van der Waals surface area contributed by atoms with Gasteiger partial charge >= 0.3 is 0 Å². The molecular weight excluding hydrogens is 364 g/mol. The Morgan fingerprint density at radius 3 is 2.89 bits per heavy atom. The number of amides is 1. The third-order valence-corrected chi connectivity index (χ3v) is 4.80. The fourth-order valence-electron chi connectivity index (χ4n) is 2.86. The molecule has 27 heavy (non-hydrogen) atoms. The van der Waals surface area contributed by atoms with Crippen molar-refractivity contribution >= 4 is 23.4 Å². The van der Waals surface area contributed by atoms with Crippen molar-refractivity contribution in [1.82, 2.24) is 15.2 Å². The number of ether oxygens (including phenoxy) is 1. The molecule has 1 aliphatic rings. The highest BCUT2D eigenvalue weighted by Crippen LogP contribution is 2.43. The first-order chi connectivity index (χ1) is 13.2. The van der Waals surface area contributed by atoms with Crippen molar-refractivity contribution in [3.05, 3.63) is 61.1 Å². The van der Waals surface area contributed by atoms with Gasteiger partial charge in [-0.1, -0.05) is 36.0 Å². The van der Waals surface area contributed by atoms with Gasteiger partial charge in [0, 0.05) is 18.2 Å². The van der Waals surface area contributed by atoms with E-state index < -0.39 is 6.23 Å². The number of thioether (sulfide) groups is 1. The number of hydrogen-bond acceptors (Lipinski definition) is 7. The Kier molecular flexibility index (Phi) is 4.64. The van der Waals surface area contributed by atoms with Gasteiger partial charge in [-0.25, -0.2) is 0 Å². The molecule has 1 aromatic carbocycles. The van der Waals surface area contributed by atoms with Gasteiger partial charge in [-0.2, -0.15) is 4.98 Å². The SMILES string of the molecule is C=CCSc1nnc2c(n1)OC(c1ccco1)N(C(C)=O)c1ccccc1-2. The molecule has 1 amide bonds. The summed E-state index contributed by atoms with van der Waals surface area (Å²) in [5, 5.41) is 8.97. The Morgan fingerprint density at radius 1 is 1.30 bits per heavy atom. The summed E-state index contributed by atoms with van der Waals surface area (Å²) < 4.78 is 11.7. The molecule has 1 unspecified atom stereocenters. The molecule has 0 bridgehead atoms. The first-order valence-electron chi connectivity index (χ1n) is 8.26. The summed E-state index contributed by atoms with van der Waals surface area (Å²) in [5.41, 5.74) is 1.86. The lowest BCUT2D eigenvalue weighted by Gasteiger charge is -2.28. The van der Waals surface area contributed by atoms with Crippen LogP contribution in [0.3, 0.4) is 0 Å². The molecule has 1 aliphatic heterocycles. The molecule has 0 fully saturated rings. The average Bonchev–Trinajstić information content (AvgIpc) is 3.16. The molecule has 3 aromatic rings. The number of rotatable bonds is 4. The Labute approximate surface area is 160 Å². The summed E-state index contributed by atoms with van der Waals surface area (Å²) in [6.45, 7) is 5.18. The van der Waals surface area contributed by atoms with Crippen LogP contribution in [0.5, 0.6) is 5.88 Å². The van der Waals surface area contributed by atoms with Crippen LogP contribution in [0.25, 0.3) is 11.3 Å². The fourth-order valence-corrected chi connectivity index (χ4v) is 3.38. The number of fused-ring (bicyclic) bond motifs is 3. The summed E-state index contributed by atoms with van der Waals surface area (Å²) in [5.74, 6) is 1.25. The first kappa shape index (κ1) is 17.3. The number of carbonyl (C=O) groups excluding carboxylic acids is 1. The second kappa shape index (κ2) is 7.24. The van der Waals surface area contributed by atoms with Crippen LogP contribution in [0.4, 0.5) is 5.69 Å². The molecule has 7 nitrogen and oxygen atoms in total. The highest BCUT2D eigenvalue weighted by molar-refractivity contribution is 7.99. The van der Waals surface area contributed by atoms with Crippen molar-refractivity contribution in [1.29, 1.82) is 0 Å². The second-order valence-electron chi connectivity index (χ2n) is 5.74. The van der Waals surface area contributed by atoms with Crippen molar-refractivity contribution in [3.63, 3.8) is 0 Å². The zero-order chi connectivity index (χ0) is 18.8. The summed E-state index contributed by atoms with van der Waals surface area (Å²) in [6.07, 6.45) is 2.51. The van der Waals surface area contributed by atoms with Gasteiger partial charge in [-0.3, -0.25) is 9.69 Å². The van der Waals surface area contributed by atoms with E-state index in [2.05, 4.69) is 21.8 Å². The number of carbonyl (C=O) groups is 1. The number of hydrogen-bond donors (Lipinski definition) is 0. The third-order valence-electron chi connectivity index (χ3n) is 3.97. The monoisotopic (exact) mass is 380 g/mol. The van der Waals surface area contributed by atoms with Crippen LogP contribution in [0.2, 0.25) is 0 Å². The zero-order valence-electron chi connectivity index (χ0n) is 14.5. The van der Waals surface area contributed by atoms with E-state index in [4.69, 9.17) is 9.15 Å². The van der Waals surface area contributed by atoms with Gasteiger partial charge in [-0.15, -0.1) is 16.8 Å². The van der Waals surface area contributed by atoms with Crippen LogP contribution in [-0.4, -0.2) is 26.8 Å². The van der Waals surface area contributed by atoms with E-state index in [1.807, 2.05) is 24.3 Å². The maximum absolute atomic E-state index is 12.5. The van der Waals surface area contributed by atoms with Gasteiger partial charge < -0.3 is 9.15 Å². The highest BCUT2D eigenvalue weighted by Gasteiger charge is 2.35. The van der Waals surface area contributed by atoms with Crippen molar-refractivity contribution < 1.29 is 13.9 Å². The third kappa shape index (κ3) is 3.19. The number of para-hydroxylation sites is 1. The van der Waals surface area contributed by atoms with E-state index in [9.17, 15) is 4.79 Å². The molecule has 3 heterocycles. The maximum Gasteiger partial charge on any atom is 0.247 e. The molecule has 0 N–H and O–H groups in total. The standard InChI is InChI=1S/C19H16N4O3S/c1-3-11-27-19-20-17-16(21-22-19)13-7-4-5-8-14(13)23(12(2)24)18(26-17)15-9-6-10-25-15/h3-10,18H,1,11H2,2H3. The van der Waals surface area contributed by atoms with Gasteiger partial charge in [-0.05, 0) is 18.2 Å². The van der Waals surface area contributed by atoms with Crippen LogP contribution < -0.4 is 9.64 Å². The van der Waals surface area contributed by atoms with Crippen LogP contribution in [-0.2, 0) is 4.79 Å². The topological polar surface area (TPSA) is 81.3 Å². The molecule has 0 aliphatic carbocycles. The summed E-state index contributed by atoms with van der Waals surface area (Å²) >= 11 is 1.40. The molecule has 136 valence electrons. The van der Waals surface area contributed by atoms with E-state index in [1.54, 1.807) is 18.2 Å². The summed E-state index contributed by atoms with van der Waals surface area (Å²) in [6, 6.07) is 10.9. The van der Waals surface area contributed by atoms with Crippen molar-refractivity contribution in [2.45, 2.75) is 18.3 Å². The molecule has 2 aromatic heterocycles. The molecule has 8 heteroatoms. The largest absolute Gasteiger partial charge is 0.463 e. The molecule has 1 atom stereocenters. The normalized spacial score (nSPS) is 15.3. The Hall–Kier alpha value is -3.13. The van der Waals surface area contributed by atoms with E-state index in [0.717, 1.165) is 5.56 Å². The first-order valence-corrected chi connectivity index (χ1v) is 9.25. The number of anilines is 1. The Morgan fingerprint density at radius 2 is 2.15 bits per heavy atom. The summed E-state index contributed by atoms with van der Waals surface area (Å²) in [7, 11) is 0. The number of aromatic nitrogens is 3. The zero-order valence-corrected chi connectivity index (χ0v) is 15.3. The molecule has 0 spiro atoms. The van der Waals surface area contributed by atoms with E-state index in [-0.39, 0.29) is 5.91 Å². The Balaban J connectivity index is 1.90. The van der Waals surface area contributed by atoms with Crippen molar-refractivity contribution in [3.8, 4) is 17.1 Å². The van der Waals surface area contributed by atoms with Crippen LogP contribution in [0, 0.1) is 0 Å². The van der Waals surface area contributed by atoms with Crippen LogP contribution in [0.1, 0.15) is 18.9 Å². The number of nitrogens with zero attached hydrogens (tertiary/aromatic N) is 4. The van der Waals surface area contributed by atoms with Crippen LogP contribution >= 0.6 is 11.8 Å². The lowest BCUT2D eigenvalue weighted by molar-refractivity contribution is -0.118. The Bertz CT molecular complexity index is 990. The maximum atomic E-state index is 12.5. The minimum atomic E-state index is -0.797. The lowest BCUT2D eigenvalue weighted by atomic mass is 10.1. The van der Waals surface area contributed by atoms with Gasteiger partial charge in [0.25, 0.3) is 0 Å². The summed E-state index contributed by atoms with van der Waals surface area (Å²) in [4.78, 5) is 18.6. The highest BCUT2D eigenvalue weighted by atomic mass is 32.2. The minimum Gasteiger partial charge on any atom is -0.463 e. The van der Waals surface area contributed by atoms with Gasteiger partial charge in [0.2, 0.25) is 23.2 Å². The predicted molar refractivity (Wildman–Crippen MR) is 101 cm³/mol. The van der Waals surface area contributed by atoms with Gasteiger partial charge in [0.1, 0.15) is 0 Å². The fraction of sp³-hybridized carbons (Fsp3) is 0.158. The second-order valence-corrected chi connectivity index (χ2v) is 6.73. The lowest BCUT2D eigenvalue weighted by Crippen LogP contribution is -2.35. The molecular formula is C19H16N4O3S. The van der Waals surface area contributed by atoms with Gasteiger partial charge in [0.15, 0.2) is 11.5 Å². The minimum absolute atomic E-state index is 0.189. The van der Waals surface area contributed by atoms with Crippen molar-refractivity contribution in [2.24, 2.45) is 0 Å². The quantitative estimate of drug-likeness (QED) is 0.502.